The number of rotatable bonds is 7. The number of alkyl halides is 3. The summed E-state index contributed by atoms with van der Waals surface area (Å²) in [6, 6.07) is 11.8. The third-order valence-corrected chi connectivity index (χ3v) is 6.74. The molecule has 184 valence electrons. The molecule has 9 heteroatoms. The molecule has 1 aliphatic rings. The number of piperazine rings is 1. The van der Waals surface area contributed by atoms with Gasteiger partial charge in [-0.05, 0) is 67.8 Å². The van der Waals surface area contributed by atoms with Crippen LogP contribution in [0.1, 0.15) is 34.5 Å². The van der Waals surface area contributed by atoms with Gasteiger partial charge in [0.1, 0.15) is 5.58 Å². The highest BCUT2D eigenvalue weighted by Crippen LogP contribution is 2.36. The van der Waals surface area contributed by atoms with Crippen molar-refractivity contribution >= 4 is 33.5 Å². The summed E-state index contributed by atoms with van der Waals surface area (Å²) >= 11 is 0. The predicted octanol–water partition coefficient (Wildman–Crippen LogP) is 5.18. The molecule has 3 N–H and O–H groups in total. The third-order valence-electron chi connectivity index (χ3n) is 6.74. The first-order chi connectivity index (χ1) is 16.8. The monoisotopic (exact) mass is 484 g/mol. The largest absolute Gasteiger partial charge is 0.451 e. The van der Waals surface area contributed by atoms with Crippen LogP contribution in [-0.4, -0.2) is 48.5 Å². The van der Waals surface area contributed by atoms with E-state index in [9.17, 15) is 18.0 Å². The van der Waals surface area contributed by atoms with Gasteiger partial charge in [0.2, 0.25) is 0 Å². The van der Waals surface area contributed by atoms with Gasteiger partial charge in [-0.1, -0.05) is 6.07 Å². The fourth-order valence-corrected chi connectivity index (χ4v) is 4.92. The number of anilines is 1. The number of H-pyrrole nitrogens is 1. The zero-order valence-corrected chi connectivity index (χ0v) is 19.2. The average molecular weight is 485 g/mol. The number of fused-ring (bicyclic) bond motifs is 2. The van der Waals surface area contributed by atoms with Crippen LogP contribution >= 0.6 is 0 Å². The Labute approximate surface area is 200 Å². The summed E-state index contributed by atoms with van der Waals surface area (Å²) < 4.78 is 45.7. The van der Waals surface area contributed by atoms with Crippen molar-refractivity contribution in [2.75, 3.05) is 37.6 Å². The second-order valence-electron chi connectivity index (χ2n) is 9.02. The van der Waals surface area contributed by atoms with E-state index in [2.05, 4.69) is 14.8 Å². The minimum atomic E-state index is -4.36. The van der Waals surface area contributed by atoms with E-state index in [4.69, 9.17) is 10.2 Å². The number of hydrogen-bond acceptors (Lipinski definition) is 4. The van der Waals surface area contributed by atoms with Crippen molar-refractivity contribution in [3.05, 3.63) is 65.5 Å². The van der Waals surface area contributed by atoms with Gasteiger partial charge in [0.15, 0.2) is 5.76 Å². The number of halogens is 3. The number of amides is 1. The summed E-state index contributed by atoms with van der Waals surface area (Å²) in [5.41, 5.74) is 7.71. The standard InChI is InChI=1S/C26H27F3N4O2/c27-26(28,29)20-5-3-6-21-24(20)17(16-31-21)4-1-2-9-32-10-12-33(13-11-32)19-7-8-22-18(14-19)15-23(35-22)25(30)34/h3,5-8,14-16,31H,1-2,4,9-13H2,(H2,30,34). The van der Waals surface area contributed by atoms with Crippen molar-refractivity contribution in [3.8, 4) is 0 Å². The first-order valence-corrected chi connectivity index (χ1v) is 11.8. The molecule has 0 bridgehead atoms. The van der Waals surface area contributed by atoms with E-state index >= 15 is 0 Å². The van der Waals surface area contributed by atoms with Crippen LogP contribution in [-0.2, 0) is 12.6 Å². The molecule has 0 radical (unpaired) electrons. The molecule has 2 aromatic heterocycles. The number of nitrogens with two attached hydrogens (primary N) is 1. The normalized spacial score (nSPS) is 15.3. The van der Waals surface area contributed by atoms with Gasteiger partial charge < -0.3 is 20.0 Å². The van der Waals surface area contributed by atoms with Gasteiger partial charge in [0.05, 0.1) is 5.56 Å². The first-order valence-electron chi connectivity index (χ1n) is 11.8. The average Bonchev–Trinajstić information content (AvgIpc) is 3.45. The molecule has 4 aromatic rings. The van der Waals surface area contributed by atoms with Crippen LogP contribution in [0.3, 0.4) is 0 Å². The topological polar surface area (TPSA) is 78.5 Å². The highest BCUT2D eigenvalue weighted by molar-refractivity contribution is 5.95. The molecule has 1 aliphatic heterocycles. The molecule has 1 amide bonds. The number of aryl methyl sites for hydroxylation is 1. The Balaban J connectivity index is 1.13. The summed E-state index contributed by atoms with van der Waals surface area (Å²) in [5, 5.41) is 1.15. The lowest BCUT2D eigenvalue weighted by Crippen LogP contribution is -2.46. The number of carbonyl (C=O) groups is 1. The zero-order chi connectivity index (χ0) is 24.6. The highest BCUT2D eigenvalue weighted by atomic mass is 19.4. The van der Waals surface area contributed by atoms with Crippen LogP contribution in [0.15, 0.2) is 53.1 Å². The maximum atomic E-state index is 13.4. The minimum absolute atomic E-state index is 0.157. The molecule has 6 nitrogen and oxygen atoms in total. The number of primary amides is 1. The van der Waals surface area contributed by atoms with Gasteiger partial charge in [0, 0.05) is 54.4 Å². The van der Waals surface area contributed by atoms with E-state index in [1.807, 2.05) is 18.2 Å². The molecule has 0 unspecified atom stereocenters. The molecule has 0 spiro atoms. The Morgan fingerprint density at radius 3 is 2.60 bits per heavy atom. The molecule has 1 saturated heterocycles. The van der Waals surface area contributed by atoms with Crippen molar-refractivity contribution in [2.24, 2.45) is 5.73 Å². The van der Waals surface area contributed by atoms with Gasteiger partial charge in [0.25, 0.3) is 5.91 Å². The first kappa shape index (κ1) is 23.3. The Hall–Kier alpha value is -3.46. The van der Waals surface area contributed by atoms with E-state index in [0.717, 1.165) is 68.3 Å². The molecule has 5 rings (SSSR count). The Morgan fingerprint density at radius 2 is 1.86 bits per heavy atom. The second-order valence-corrected chi connectivity index (χ2v) is 9.02. The van der Waals surface area contributed by atoms with Gasteiger partial charge in [-0.2, -0.15) is 13.2 Å². The van der Waals surface area contributed by atoms with Crippen LogP contribution in [0.2, 0.25) is 0 Å². The molecule has 0 aliphatic carbocycles. The maximum absolute atomic E-state index is 13.4. The molecular formula is C26H27F3N4O2. The molecule has 0 atom stereocenters. The van der Waals surface area contributed by atoms with Gasteiger partial charge in [-0.3, -0.25) is 9.69 Å². The lowest BCUT2D eigenvalue weighted by molar-refractivity contribution is -0.136. The number of benzene rings is 2. The minimum Gasteiger partial charge on any atom is -0.451 e. The quantitative estimate of drug-likeness (QED) is 0.355. The van der Waals surface area contributed by atoms with Crippen LogP contribution in [0.4, 0.5) is 18.9 Å². The molecule has 2 aromatic carbocycles. The molecule has 35 heavy (non-hydrogen) atoms. The summed E-state index contributed by atoms with van der Waals surface area (Å²) in [7, 11) is 0. The van der Waals surface area contributed by atoms with Crippen LogP contribution < -0.4 is 10.6 Å². The third kappa shape index (κ3) is 4.86. The number of nitrogens with one attached hydrogen (secondary N) is 1. The van der Waals surface area contributed by atoms with Gasteiger partial charge in [-0.15, -0.1) is 0 Å². The van der Waals surface area contributed by atoms with Crippen molar-refractivity contribution < 1.29 is 22.4 Å². The van der Waals surface area contributed by atoms with Crippen molar-refractivity contribution in [2.45, 2.75) is 25.4 Å². The second kappa shape index (κ2) is 9.30. The number of nitrogens with zero attached hydrogens (tertiary/aromatic N) is 2. The maximum Gasteiger partial charge on any atom is 0.417 e. The Morgan fingerprint density at radius 1 is 1.06 bits per heavy atom. The van der Waals surface area contributed by atoms with Crippen LogP contribution in [0.5, 0.6) is 0 Å². The summed E-state index contributed by atoms with van der Waals surface area (Å²) in [5.74, 6) is -0.425. The number of hydrogen-bond donors (Lipinski definition) is 2. The summed E-state index contributed by atoms with van der Waals surface area (Å²) in [6.45, 7) is 4.51. The van der Waals surface area contributed by atoms with Crippen LogP contribution in [0.25, 0.3) is 21.9 Å². The number of aromatic amines is 1. The van der Waals surface area contributed by atoms with E-state index in [-0.39, 0.29) is 5.76 Å². The number of unbranched alkanes of at least 4 members (excludes halogenated alkanes) is 1. The smallest absolute Gasteiger partial charge is 0.417 e. The highest BCUT2D eigenvalue weighted by Gasteiger charge is 2.33. The van der Waals surface area contributed by atoms with Crippen molar-refractivity contribution in [3.63, 3.8) is 0 Å². The molecule has 3 heterocycles. The fourth-order valence-electron chi connectivity index (χ4n) is 4.92. The van der Waals surface area contributed by atoms with Gasteiger partial charge >= 0.3 is 6.18 Å². The molecule has 1 fully saturated rings. The summed E-state index contributed by atoms with van der Waals surface area (Å²) in [4.78, 5) is 19.0. The van der Waals surface area contributed by atoms with Crippen LogP contribution in [0, 0.1) is 0 Å². The molecular weight excluding hydrogens is 457 g/mol. The lowest BCUT2D eigenvalue weighted by atomic mass is 10.0. The fraction of sp³-hybridized carbons (Fsp3) is 0.346. The number of furan rings is 1. The van der Waals surface area contributed by atoms with E-state index in [0.29, 0.717) is 22.9 Å². The van der Waals surface area contributed by atoms with E-state index in [1.165, 1.54) is 6.07 Å². The van der Waals surface area contributed by atoms with E-state index < -0.39 is 17.6 Å². The van der Waals surface area contributed by atoms with E-state index in [1.54, 1.807) is 18.3 Å². The zero-order valence-electron chi connectivity index (χ0n) is 19.2. The van der Waals surface area contributed by atoms with Crippen molar-refractivity contribution in [1.29, 1.82) is 0 Å². The van der Waals surface area contributed by atoms with Gasteiger partial charge in [-0.25, -0.2) is 0 Å². The molecule has 0 saturated carbocycles. The SMILES string of the molecule is NC(=O)c1cc2cc(N3CCN(CCCCc4c[nH]c5cccc(C(F)(F)F)c45)CC3)ccc2o1. The lowest BCUT2D eigenvalue weighted by Gasteiger charge is -2.36. The predicted molar refractivity (Wildman–Crippen MR) is 130 cm³/mol. The Kier molecular flexibility index (Phi) is 6.19. The summed E-state index contributed by atoms with van der Waals surface area (Å²) in [6.07, 6.45) is -0.272. The number of aromatic nitrogens is 1. The van der Waals surface area contributed by atoms with Crippen molar-refractivity contribution in [1.82, 2.24) is 9.88 Å². The number of carbonyl (C=O) groups excluding carboxylic acids is 1. The Bertz CT molecular complexity index is 1350.